The maximum absolute atomic E-state index is 11.6. The maximum Gasteiger partial charge on any atom is 0.307 e. The molecular formula is C15H13N2O6-. The number of carbonyl (C=O) groups excluding carboxylic acids is 2. The van der Waals surface area contributed by atoms with Gasteiger partial charge in [-0.1, -0.05) is 0 Å². The van der Waals surface area contributed by atoms with Gasteiger partial charge >= 0.3 is 5.91 Å². The Kier molecular flexibility index (Phi) is 4.98. The topological polar surface area (TPSA) is 113 Å². The number of nitrogens with zero attached hydrogens (tertiary/aromatic N) is 1. The second kappa shape index (κ2) is 7.12. The molecule has 0 saturated heterocycles. The minimum Gasteiger partial charge on any atom is -0.545 e. The summed E-state index contributed by atoms with van der Waals surface area (Å²) in [7, 11) is 2.69. The van der Waals surface area contributed by atoms with Crippen LogP contribution in [0.2, 0.25) is 0 Å². The lowest BCUT2D eigenvalue weighted by Crippen LogP contribution is -2.25. The maximum atomic E-state index is 11.6. The first-order valence-electron chi connectivity index (χ1n) is 6.41. The number of carboxylic acid groups (broad SMARTS) is 1. The van der Waals surface area contributed by atoms with Crippen LogP contribution in [0.3, 0.4) is 0 Å². The number of aromatic carboxylic acids is 1. The van der Waals surface area contributed by atoms with E-state index in [-0.39, 0.29) is 28.4 Å². The predicted molar refractivity (Wildman–Crippen MR) is 77.6 cm³/mol. The van der Waals surface area contributed by atoms with Crippen molar-refractivity contribution >= 4 is 18.1 Å². The number of methoxy groups -OCH3 is 2. The Bertz CT molecular complexity index is 737. The van der Waals surface area contributed by atoms with Crippen LogP contribution in [0.4, 0.5) is 0 Å². The molecule has 23 heavy (non-hydrogen) atoms. The first-order valence-corrected chi connectivity index (χ1v) is 6.41. The van der Waals surface area contributed by atoms with Crippen molar-refractivity contribution in [3.05, 3.63) is 47.4 Å². The number of ether oxygens (including phenoxy) is 2. The Balaban J connectivity index is 2.27. The van der Waals surface area contributed by atoms with Crippen molar-refractivity contribution in [3.8, 4) is 11.5 Å². The predicted octanol–water partition coefficient (Wildman–Crippen LogP) is 0.424. The summed E-state index contributed by atoms with van der Waals surface area (Å²) in [6.45, 7) is 0. The molecule has 120 valence electrons. The molecule has 0 bridgehead atoms. The van der Waals surface area contributed by atoms with E-state index in [9.17, 15) is 14.7 Å². The third-order valence-corrected chi connectivity index (χ3v) is 2.90. The highest BCUT2D eigenvalue weighted by molar-refractivity contribution is 6.01. The molecule has 2 rings (SSSR count). The molecular weight excluding hydrogens is 304 g/mol. The van der Waals surface area contributed by atoms with Crippen molar-refractivity contribution in [2.45, 2.75) is 0 Å². The van der Waals surface area contributed by atoms with Gasteiger partial charge in [-0.15, -0.1) is 0 Å². The Hall–Kier alpha value is -3.29. The lowest BCUT2D eigenvalue weighted by atomic mass is 10.1. The zero-order chi connectivity index (χ0) is 16.8. The Labute approximate surface area is 131 Å². The second-order valence-corrected chi connectivity index (χ2v) is 4.23. The van der Waals surface area contributed by atoms with Crippen LogP contribution < -0.4 is 20.0 Å². The third-order valence-electron chi connectivity index (χ3n) is 2.90. The summed E-state index contributed by atoms with van der Waals surface area (Å²) >= 11 is 0. The highest BCUT2D eigenvalue weighted by Crippen LogP contribution is 2.32. The molecule has 0 aliphatic rings. The van der Waals surface area contributed by atoms with Crippen molar-refractivity contribution in [2.75, 3.05) is 14.2 Å². The quantitative estimate of drug-likeness (QED) is 0.610. The second-order valence-electron chi connectivity index (χ2n) is 4.23. The SMILES string of the molecule is COc1ccc(/C=N\NC(=O)c2ccco2)c(C(=O)[O-])c1OC. The van der Waals surface area contributed by atoms with Crippen molar-refractivity contribution in [3.63, 3.8) is 0 Å². The number of hydrogen-bond donors (Lipinski definition) is 1. The number of carboxylic acids is 1. The van der Waals surface area contributed by atoms with Gasteiger partial charge in [-0.05, 0) is 24.3 Å². The lowest BCUT2D eigenvalue weighted by molar-refractivity contribution is -0.255. The van der Waals surface area contributed by atoms with E-state index in [1.54, 1.807) is 6.07 Å². The van der Waals surface area contributed by atoms with Gasteiger partial charge in [-0.2, -0.15) is 5.10 Å². The third kappa shape index (κ3) is 3.49. The average molecular weight is 317 g/mol. The van der Waals surface area contributed by atoms with Gasteiger partial charge in [0.25, 0.3) is 0 Å². The Morgan fingerprint density at radius 1 is 1.26 bits per heavy atom. The zero-order valence-corrected chi connectivity index (χ0v) is 12.4. The zero-order valence-electron chi connectivity index (χ0n) is 12.4. The lowest BCUT2D eigenvalue weighted by Gasteiger charge is -2.15. The number of nitrogens with one attached hydrogen (secondary N) is 1. The summed E-state index contributed by atoms with van der Waals surface area (Å²) in [5, 5.41) is 15.0. The smallest absolute Gasteiger partial charge is 0.307 e. The van der Waals surface area contributed by atoms with Gasteiger partial charge in [-0.25, -0.2) is 5.43 Å². The molecule has 8 nitrogen and oxygen atoms in total. The summed E-state index contributed by atoms with van der Waals surface area (Å²) in [6.07, 6.45) is 2.51. The molecule has 0 spiro atoms. The summed E-state index contributed by atoms with van der Waals surface area (Å²) in [6, 6.07) is 5.99. The van der Waals surface area contributed by atoms with E-state index in [4.69, 9.17) is 13.9 Å². The van der Waals surface area contributed by atoms with E-state index >= 15 is 0 Å². The standard InChI is InChI=1S/C15H14N2O6/c1-21-10-6-5-9(12(15(19)20)13(10)22-2)8-16-17-14(18)11-4-3-7-23-11/h3-8H,1-2H3,(H,17,18)(H,19,20)/p-1/b16-8-. The van der Waals surface area contributed by atoms with E-state index in [0.29, 0.717) is 0 Å². The van der Waals surface area contributed by atoms with Crippen molar-refractivity contribution in [1.82, 2.24) is 5.43 Å². The molecule has 1 aromatic carbocycles. The minimum atomic E-state index is -1.46. The van der Waals surface area contributed by atoms with Crippen LogP contribution >= 0.6 is 0 Å². The van der Waals surface area contributed by atoms with Crippen LogP contribution in [0.5, 0.6) is 11.5 Å². The minimum absolute atomic E-state index is 0.00816. The van der Waals surface area contributed by atoms with E-state index in [1.165, 1.54) is 38.7 Å². The number of amides is 1. The molecule has 1 aromatic heterocycles. The molecule has 1 amide bonds. The van der Waals surface area contributed by atoms with Crippen LogP contribution in [0.15, 0.2) is 40.0 Å². The molecule has 0 fully saturated rings. The molecule has 0 radical (unpaired) electrons. The number of hydrogen-bond acceptors (Lipinski definition) is 7. The first-order chi connectivity index (χ1) is 11.1. The van der Waals surface area contributed by atoms with Gasteiger partial charge in [0.05, 0.1) is 38.2 Å². The fourth-order valence-electron chi connectivity index (χ4n) is 1.88. The number of rotatable bonds is 6. The van der Waals surface area contributed by atoms with E-state index in [0.717, 1.165) is 6.21 Å². The van der Waals surface area contributed by atoms with Crippen LogP contribution in [-0.2, 0) is 0 Å². The van der Waals surface area contributed by atoms with Crippen LogP contribution in [0, 0.1) is 0 Å². The Morgan fingerprint density at radius 2 is 2.04 bits per heavy atom. The van der Waals surface area contributed by atoms with Crippen LogP contribution in [0.25, 0.3) is 0 Å². The van der Waals surface area contributed by atoms with E-state index < -0.39 is 11.9 Å². The first kappa shape index (κ1) is 16.1. The molecule has 0 atom stereocenters. The Morgan fingerprint density at radius 3 is 2.61 bits per heavy atom. The number of benzene rings is 1. The van der Waals surface area contributed by atoms with Gasteiger partial charge < -0.3 is 23.8 Å². The molecule has 0 aliphatic heterocycles. The van der Waals surface area contributed by atoms with Crippen molar-refractivity contribution in [2.24, 2.45) is 5.10 Å². The van der Waals surface area contributed by atoms with Crippen molar-refractivity contribution < 1.29 is 28.6 Å². The monoisotopic (exact) mass is 317 g/mol. The van der Waals surface area contributed by atoms with Crippen molar-refractivity contribution in [1.29, 1.82) is 0 Å². The molecule has 0 saturated carbocycles. The summed E-state index contributed by atoms with van der Waals surface area (Å²) < 4.78 is 15.0. The van der Waals surface area contributed by atoms with Gasteiger partial charge in [-0.3, -0.25) is 4.79 Å². The van der Waals surface area contributed by atoms with Gasteiger partial charge in [0.15, 0.2) is 17.3 Å². The van der Waals surface area contributed by atoms with Gasteiger partial charge in [0.1, 0.15) is 0 Å². The molecule has 8 heteroatoms. The number of hydrazone groups is 1. The van der Waals surface area contributed by atoms with Crippen LogP contribution in [-0.4, -0.2) is 32.3 Å². The largest absolute Gasteiger partial charge is 0.545 e. The molecule has 0 aliphatic carbocycles. The fourth-order valence-corrected chi connectivity index (χ4v) is 1.88. The summed E-state index contributed by atoms with van der Waals surface area (Å²) in [4.78, 5) is 23.0. The van der Waals surface area contributed by atoms with Gasteiger partial charge in [0.2, 0.25) is 0 Å². The molecule has 1 N–H and O–H groups in total. The highest BCUT2D eigenvalue weighted by Gasteiger charge is 2.15. The molecule has 2 aromatic rings. The summed E-state index contributed by atoms with van der Waals surface area (Å²) in [5.74, 6) is -1.70. The van der Waals surface area contributed by atoms with Gasteiger partial charge in [0, 0.05) is 5.56 Å². The number of carbonyl (C=O) groups is 2. The van der Waals surface area contributed by atoms with E-state index in [2.05, 4.69) is 10.5 Å². The highest BCUT2D eigenvalue weighted by atomic mass is 16.5. The summed E-state index contributed by atoms with van der Waals surface area (Å²) in [5.41, 5.74) is 2.17. The average Bonchev–Trinajstić information content (AvgIpc) is 3.08. The number of furan rings is 1. The molecule has 0 unspecified atom stereocenters. The van der Waals surface area contributed by atoms with Crippen LogP contribution in [0.1, 0.15) is 26.5 Å². The van der Waals surface area contributed by atoms with E-state index in [1.807, 2.05) is 0 Å². The fraction of sp³-hybridized carbons (Fsp3) is 0.133. The molecule has 1 heterocycles. The normalized spacial score (nSPS) is 10.5.